The molecule has 77 heavy (non-hydrogen) atoms. The third-order valence-electron chi connectivity index (χ3n) is 13.2. The van der Waals surface area contributed by atoms with E-state index in [1.54, 1.807) is 12.1 Å². The molecule has 0 heterocycles. The molecule has 378 valence electrons. The van der Waals surface area contributed by atoms with Crippen molar-refractivity contribution in [2.75, 3.05) is 0 Å². The molecule has 0 spiro atoms. The Kier molecular flexibility index (Phi) is 15.2. The largest absolute Gasteiger partial charge is 0.489 e. The number of aromatic carboxylic acids is 1. The average Bonchev–Trinajstić information content (AvgIpc) is 3.50. The van der Waals surface area contributed by atoms with Gasteiger partial charge in [-0.15, -0.1) is 0 Å². The summed E-state index contributed by atoms with van der Waals surface area (Å²) in [6.07, 6.45) is 0. The van der Waals surface area contributed by atoms with Crippen molar-refractivity contribution in [3.05, 3.63) is 288 Å². The number of carboxylic acids is 1. The molecule has 0 aliphatic rings. The van der Waals surface area contributed by atoms with Gasteiger partial charge in [0.05, 0.1) is 5.56 Å². The summed E-state index contributed by atoms with van der Waals surface area (Å²) in [7, 11) is 0. The molecule has 0 aromatic heterocycles. The maximum absolute atomic E-state index is 11.9. The van der Waals surface area contributed by atoms with Crippen LogP contribution in [0, 0.1) is 0 Å². The van der Waals surface area contributed by atoms with Crippen LogP contribution in [-0.4, -0.2) is 11.1 Å². The molecular formula is C69H54O8. The van der Waals surface area contributed by atoms with Crippen molar-refractivity contribution < 1.29 is 38.3 Å². The Labute approximate surface area is 447 Å². The van der Waals surface area contributed by atoms with Gasteiger partial charge < -0.3 is 33.5 Å². The smallest absolute Gasteiger partial charge is 0.335 e. The van der Waals surface area contributed by atoms with Crippen molar-refractivity contribution in [1.29, 1.82) is 0 Å². The number of hydrogen-bond acceptors (Lipinski definition) is 7. The Balaban J connectivity index is 0.968. The zero-order valence-electron chi connectivity index (χ0n) is 42.2. The van der Waals surface area contributed by atoms with Gasteiger partial charge in [-0.05, 0) is 126 Å². The lowest BCUT2D eigenvalue weighted by Crippen LogP contribution is -2.03. The van der Waals surface area contributed by atoms with Crippen LogP contribution >= 0.6 is 0 Å². The third kappa shape index (κ3) is 12.4. The normalized spacial score (nSPS) is 11.0. The van der Waals surface area contributed by atoms with E-state index in [1.165, 1.54) is 0 Å². The van der Waals surface area contributed by atoms with Gasteiger partial charge >= 0.3 is 5.97 Å². The predicted octanol–water partition coefficient (Wildman–Crippen LogP) is 16.5. The number of carbonyl (C=O) groups is 1. The van der Waals surface area contributed by atoms with Crippen LogP contribution in [0.25, 0.3) is 43.8 Å². The van der Waals surface area contributed by atoms with Crippen LogP contribution in [0.1, 0.15) is 43.7 Å². The summed E-state index contributed by atoms with van der Waals surface area (Å²) in [6, 6.07) is 82.0. The molecule has 8 heteroatoms. The fourth-order valence-corrected chi connectivity index (χ4v) is 9.47. The SMILES string of the molecule is O=C(O)c1ccc(-c2c3ccccc3c(-c3cc(OCc4cc(OCc5ccccc5)cc(OCc5ccccc5)c4)cc(OCc4cc(OCc5ccccc5)cc(OCc5ccccc5)c4)c3)c3ccccc23)cc1. The van der Waals surface area contributed by atoms with Gasteiger partial charge in [-0.3, -0.25) is 0 Å². The molecule has 0 aliphatic heterocycles. The summed E-state index contributed by atoms with van der Waals surface area (Å²) < 4.78 is 39.2. The first-order valence-electron chi connectivity index (χ1n) is 25.6. The van der Waals surface area contributed by atoms with Crippen molar-refractivity contribution in [1.82, 2.24) is 0 Å². The molecule has 0 radical (unpaired) electrons. The van der Waals surface area contributed by atoms with Gasteiger partial charge in [0.15, 0.2) is 0 Å². The highest BCUT2D eigenvalue weighted by atomic mass is 16.5. The minimum absolute atomic E-state index is 0.197. The standard InChI is InChI=1S/C69H54O8/c70-69(71)55-31-29-54(30-32-55)67-63-25-13-15-27-65(63)68(66-28-16-14-26-64(66)67)56-37-61(76-46-52-33-57(72-42-48-17-5-1-6-18-48)39-58(34-52)73-43-49-19-7-2-8-20-49)41-62(38-56)77-47-53-35-59(74-44-50-21-9-3-10-22-50)40-60(36-53)75-45-51-23-11-4-12-24-51/h1-41H,42-47H2,(H,70,71). The Morgan fingerprint density at radius 1 is 0.273 bits per heavy atom. The highest BCUT2D eigenvalue weighted by Crippen LogP contribution is 2.45. The van der Waals surface area contributed by atoms with E-state index >= 15 is 0 Å². The Morgan fingerprint density at radius 2 is 0.532 bits per heavy atom. The molecule has 0 bridgehead atoms. The molecule has 11 aromatic rings. The summed E-state index contributed by atoms with van der Waals surface area (Å²) in [4.78, 5) is 11.9. The predicted molar refractivity (Wildman–Crippen MR) is 304 cm³/mol. The number of hydrogen-bond donors (Lipinski definition) is 1. The van der Waals surface area contributed by atoms with Crippen molar-refractivity contribution in [2.45, 2.75) is 39.6 Å². The maximum atomic E-state index is 11.9. The molecule has 1 N–H and O–H groups in total. The second-order valence-corrected chi connectivity index (χ2v) is 18.7. The highest BCUT2D eigenvalue weighted by molar-refractivity contribution is 6.21. The van der Waals surface area contributed by atoms with Crippen LogP contribution in [0.3, 0.4) is 0 Å². The highest BCUT2D eigenvalue weighted by Gasteiger charge is 2.19. The lowest BCUT2D eigenvalue weighted by Gasteiger charge is -2.19. The second-order valence-electron chi connectivity index (χ2n) is 18.7. The molecular weight excluding hydrogens is 957 g/mol. The van der Waals surface area contributed by atoms with E-state index in [0.717, 1.165) is 77.2 Å². The van der Waals surface area contributed by atoms with Crippen LogP contribution < -0.4 is 28.4 Å². The fourth-order valence-electron chi connectivity index (χ4n) is 9.47. The van der Waals surface area contributed by atoms with Crippen molar-refractivity contribution in [3.63, 3.8) is 0 Å². The van der Waals surface area contributed by atoms with Crippen molar-refractivity contribution in [3.8, 4) is 56.8 Å². The quantitative estimate of drug-likeness (QED) is 0.0712. The molecule has 0 unspecified atom stereocenters. The van der Waals surface area contributed by atoms with Gasteiger partial charge in [0.1, 0.15) is 74.1 Å². The fraction of sp³-hybridized carbons (Fsp3) is 0.0870. The summed E-state index contributed by atoms with van der Waals surface area (Å²) in [5, 5.41) is 13.8. The first kappa shape index (κ1) is 49.4. The molecule has 0 atom stereocenters. The monoisotopic (exact) mass is 1010 g/mol. The molecule has 0 amide bonds. The van der Waals surface area contributed by atoms with Gasteiger partial charge in [0.25, 0.3) is 0 Å². The Hall–Kier alpha value is -9.79. The van der Waals surface area contributed by atoms with E-state index in [1.807, 2.05) is 200 Å². The number of fused-ring (bicyclic) bond motifs is 2. The summed E-state index contributed by atoms with van der Waals surface area (Å²) in [5.41, 5.74) is 9.97. The molecule has 0 aliphatic carbocycles. The zero-order valence-corrected chi connectivity index (χ0v) is 42.2. The van der Waals surface area contributed by atoms with E-state index in [0.29, 0.717) is 60.9 Å². The average molecular weight is 1010 g/mol. The zero-order chi connectivity index (χ0) is 52.2. The first-order chi connectivity index (χ1) is 37.9. The number of ether oxygens (including phenoxy) is 6. The number of rotatable bonds is 21. The summed E-state index contributed by atoms with van der Waals surface area (Å²) in [6.45, 7) is 1.96. The van der Waals surface area contributed by atoms with Gasteiger partial charge in [0.2, 0.25) is 0 Å². The molecule has 0 saturated heterocycles. The lowest BCUT2D eigenvalue weighted by atomic mass is 9.86. The van der Waals surface area contributed by atoms with E-state index in [4.69, 9.17) is 28.4 Å². The summed E-state index contributed by atoms with van der Waals surface area (Å²) in [5.74, 6) is 2.86. The van der Waals surface area contributed by atoms with E-state index in [2.05, 4.69) is 36.4 Å². The van der Waals surface area contributed by atoms with Gasteiger partial charge in [-0.25, -0.2) is 4.79 Å². The second kappa shape index (κ2) is 23.6. The van der Waals surface area contributed by atoms with E-state index < -0.39 is 5.97 Å². The van der Waals surface area contributed by atoms with Crippen molar-refractivity contribution >= 4 is 27.5 Å². The maximum Gasteiger partial charge on any atom is 0.335 e. The molecule has 0 fully saturated rings. The molecule has 8 nitrogen and oxygen atoms in total. The molecule has 11 aromatic carbocycles. The van der Waals surface area contributed by atoms with Crippen LogP contribution in [0.15, 0.2) is 249 Å². The topological polar surface area (TPSA) is 92.7 Å². The van der Waals surface area contributed by atoms with Crippen LogP contribution in [0.4, 0.5) is 0 Å². The van der Waals surface area contributed by atoms with Gasteiger partial charge in [0, 0.05) is 18.2 Å². The van der Waals surface area contributed by atoms with Crippen LogP contribution in [-0.2, 0) is 39.6 Å². The third-order valence-corrected chi connectivity index (χ3v) is 13.2. The Morgan fingerprint density at radius 3 is 0.831 bits per heavy atom. The van der Waals surface area contributed by atoms with Gasteiger partial charge in [-0.1, -0.05) is 182 Å². The van der Waals surface area contributed by atoms with Crippen LogP contribution in [0.5, 0.6) is 34.5 Å². The number of benzene rings is 11. The lowest BCUT2D eigenvalue weighted by molar-refractivity contribution is 0.0697. The van der Waals surface area contributed by atoms with E-state index in [-0.39, 0.29) is 18.8 Å². The minimum atomic E-state index is -0.969. The van der Waals surface area contributed by atoms with Crippen LogP contribution in [0.2, 0.25) is 0 Å². The van der Waals surface area contributed by atoms with Crippen molar-refractivity contribution in [2.24, 2.45) is 0 Å². The number of carboxylic acid groups (broad SMARTS) is 1. The molecule has 0 saturated carbocycles. The Bertz CT molecular complexity index is 3430. The molecule has 11 rings (SSSR count). The minimum Gasteiger partial charge on any atom is -0.489 e. The first-order valence-corrected chi connectivity index (χ1v) is 25.6. The van der Waals surface area contributed by atoms with E-state index in [9.17, 15) is 9.90 Å². The summed E-state index contributed by atoms with van der Waals surface area (Å²) >= 11 is 0. The van der Waals surface area contributed by atoms with Gasteiger partial charge in [-0.2, -0.15) is 0 Å².